The van der Waals surface area contributed by atoms with Crippen LogP contribution in [0.1, 0.15) is 29.6 Å². The molecule has 1 aliphatic heterocycles. The van der Waals surface area contributed by atoms with Crippen molar-refractivity contribution in [3.8, 4) is 0 Å². The third kappa shape index (κ3) is 4.03. The van der Waals surface area contributed by atoms with Gasteiger partial charge in [-0.15, -0.1) is 0 Å². The van der Waals surface area contributed by atoms with E-state index in [1.807, 2.05) is 0 Å². The fraction of sp³-hybridized carbons (Fsp3) is 0.333. The van der Waals surface area contributed by atoms with E-state index < -0.39 is 10.0 Å². The molecule has 7 nitrogen and oxygen atoms in total. The van der Waals surface area contributed by atoms with Crippen molar-refractivity contribution in [1.82, 2.24) is 14.6 Å². The van der Waals surface area contributed by atoms with Crippen molar-refractivity contribution < 1.29 is 13.2 Å². The zero-order valence-corrected chi connectivity index (χ0v) is 15.4. The number of piperidine rings is 1. The average Bonchev–Trinajstić information content (AvgIpc) is 2.69. The van der Waals surface area contributed by atoms with E-state index in [4.69, 9.17) is 0 Å². The highest BCUT2D eigenvalue weighted by molar-refractivity contribution is 7.89. The molecule has 2 N–H and O–H groups in total. The van der Waals surface area contributed by atoms with Gasteiger partial charge in [0.15, 0.2) is 0 Å². The molecule has 26 heavy (non-hydrogen) atoms. The Bertz CT molecular complexity index is 879. The van der Waals surface area contributed by atoms with Crippen LogP contribution in [-0.2, 0) is 10.0 Å². The minimum absolute atomic E-state index is 0.0700. The summed E-state index contributed by atoms with van der Waals surface area (Å²) >= 11 is 0. The molecule has 1 aliphatic rings. The normalized spacial score (nSPS) is 14.9. The Labute approximate surface area is 153 Å². The number of pyridine rings is 1. The fourth-order valence-corrected chi connectivity index (χ4v) is 3.71. The van der Waals surface area contributed by atoms with Crippen LogP contribution in [0.25, 0.3) is 0 Å². The van der Waals surface area contributed by atoms with Crippen LogP contribution >= 0.6 is 0 Å². The number of anilines is 2. The molecule has 2 aromatic rings. The molecule has 1 amide bonds. The van der Waals surface area contributed by atoms with Crippen molar-refractivity contribution in [3.63, 3.8) is 0 Å². The summed E-state index contributed by atoms with van der Waals surface area (Å²) in [6.45, 7) is 1.38. The van der Waals surface area contributed by atoms with E-state index in [2.05, 4.69) is 15.0 Å². The molecule has 0 bridgehead atoms. The Morgan fingerprint density at radius 3 is 2.42 bits per heavy atom. The third-order valence-corrected chi connectivity index (χ3v) is 5.82. The van der Waals surface area contributed by atoms with Gasteiger partial charge >= 0.3 is 0 Å². The molecule has 1 saturated heterocycles. The third-order valence-electron chi connectivity index (χ3n) is 4.40. The van der Waals surface area contributed by atoms with Gasteiger partial charge in [0.1, 0.15) is 0 Å². The summed E-state index contributed by atoms with van der Waals surface area (Å²) in [5.41, 5.74) is 1.69. The number of sulfonamides is 1. The summed E-state index contributed by atoms with van der Waals surface area (Å²) in [6, 6.07) is 8.12. The maximum atomic E-state index is 13.0. The Balaban J connectivity index is 2.01. The minimum Gasteiger partial charge on any atom is -0.355 e. The second-order valence-electron chi connectivity index (χ2n) is 6.13. The van der Waals surface area contributed by atoms with Crippen LogP contribution in [0.5, 0.6) is 0 Å². The van der Waals surface area contributed by atoms with Crippen LogP contribution in [0.15, 0.2) is 47.6 Å². The number of hydrogen-bond acceptors (Lipinski definition) is 5. The Hall–Kier alpha value is -2.45. The fourth-order valence-electron chi connectivity index (χ4n) is 2.95. The lowest BCUT2D eigenvalue weighted by molar-refractivity contribution is 0.0725. The van der Waals surface area contributed by atoms with E-state index in [0.717, 1.165) is 24.9 Å². The number of nitrogens with one attached hydrogen (secondary N) is 2. The van der Waals surface area contributed by atoms with Crippen molar-refractivity contribution in [3.05, 3.63) is 48.3 Å². The summed E-state index contributed by atoms with van der Waals surface area (Å²) in [7, 11) is -2.28. The molecule has 2 heterocycles. The van der Waals surface area contributed by atoms with Gasteiger partial charge in [-0.2, -0.15) is 0 Å². The Morgan fingerprint density at radius 2 is 1.77 bits per heavy atom. The summed E-state index contributed by atoms with van der Waals surface area (Å²) in [5.74, 6) is -0.158. The van der Waals surface area contributed by atoms with Gasteiger partial charge in [0.25, 0.3) is 5.91 Å². The number of aromatic nitrogens is 1. The molecule has 0 spiro atoms. The minimum atomic E-state index is -3.63. The zero-order valence-electron chi connectivity index (χ0n) is 14.6. The molecule has 1 aromatic heterocycles. The maximum Gasteiger partial charge on any atom is 0.256 e. The maximum absolute atomic E-state index is 13.0. The van der Waals surface area contributed by atoms with Crippen LogP contribution in [0.2, 0.25) is 0 Å². The molecular formula is C18H22N4O3S. The van der Waals surface area contributed by atoms with Crippen molar-refractivity contribution in [1.29, 1.82) is 0 Å². The topological polar surface area (TPSA) is 91.4 Å². The SMILES string of the molecule is CNS(=O)(=O)c1ccc(Nc2ccncc2)c(C(=O)N2CCCCC2)c1. The van der Waals surface area contributed by atoms with Crippen LogP contribution in [0.3, 0.4) is 0 Å². The number of carbonyl (C=O) groups is 1. The molecular weight excluding hydrogens is 352 g/mol. The first-order valence-electron chi connectivity index (χ1n) is 8.55. The van der Waals surface area contributed by atoms with Gasteiger partial charge in [-0.25, -0.2) is 13.1 Å². The summed E-state index contributed by atoms with van der Waals surface area (Å²) in [4.78, 5) is 18.9. The molecule has 0 atom stereocenters. The van der Waals surface area contributed by atoms with Gasteiger partial charge < -0.3 is 10.2 Å². The van der Waals surface area contributed by atoms with Gasteiger partial charge in [0.05, 0.1) is 16.1 Å². The van der Waals surface area contributed by atoms with Crippen LogP contribution < -0.4 is 10.0 Å². The number of benzene rings is 1. The molecule has 0 aliphatic carbocycles. The number of amides is 1. The quantitative estimate of drug-likeness (QED) is 0.838. The molecule has 0 saturated carbocycles. The highest BCUT2D eigenvalue weighted by Crippen LogP contribution is 2.26. The Morgan fingerprint density at radius 1 is 1.08 bits per heavy atom. The lowest BCUT2D eigenvalue weighted by atomic mass is 10.1. The van der Waals surface area contributed by atoms with Crippen LogP contribution in [-0.4, -0.2) is 44.3 Å². The lowest BCUT2D eigenvalue weighted by Gasteiger charge is -2.27. The summed E-state index contributed by atoms with van der Waals surface area (Å²) < 4.78 is 26.6. The van der Waals surface area contributed by atoms with E-state index in [0.29, 0.717) is 24.3 Å². The largest absolute Gasteiger partial charge is 0.355 e. The number of likely N-dealkylation sites (tertiary alicyclic amines) is 1. The zero-order chi connectivity index (χ0) is 18.6. The van der Waals surface area contributed by atoms with E-state index in [-0.39, 0.29) is 10.8 Å². The summed E-state index contributed by atoms with van der Waals surface area (Å²) in [6.07, 6.45) is 6.34. The first kappa shape index (κ1) is 18.3. The van der Waals surface area contributed by atoms with Crippen LogP contribution in [0, 0.1) is 0 Å². The predicted molar refractivity (Wildman–Crippen MR) is 100.0 cm³/mol. The molecule has 3 rings (SSSR count). The smallest absolute Gasteiger partial charge is 0.256 e. The molecule has 138 valence electrons. The van der Waals surface area contributed by atoms with Crippen molar-refractivity contribution in [2.75, 3.05) is 25.5 Å². The molecule has 0 unspecified atom stereocenters. The van der Waals surface area contributed by atoms with Crippen molar-refractivity contribution in [2.24, 2.45) is 0 Å². The second kappa shape index (κ2) is 7.84. The molecule has 8 heteroatoms. The lowest BCUT2D eigenvalue weighted by Crippen LogP contribution is -2.36. The Kier molecular flexibility index (Phi) is 5.53. The first-order chi connectivity index (χ1) is 12.5. The van der Waals surface area contributed by atoms with E-state index >= 15 is 0 Å². The van der Waals surface area contributed by atoms with E-state index in [1.54, 1.807) is 35.5 Å². The molecule has 1 fully saturated rings. The van der Waals surface area contributed by atoms with E-state index in [9.17, 15) is 13.2 Å². The highest BCUT2D eigenvalue weighted by atomic mass is 32.2. The van der Waals surface area contributed by atoms with Crippen LogP contribution in [0.4, 0.5) is 11.4 Å². The predicted octanol–water partition coefficient (Wildman–Crippen LogP) is 2.36. The van der Waals surface area contributed by atoms with Gasteiger partial charge in [-0.1, -0.05) is 0 Å². The molecule has 0 radical (unpaired) electrons. The number of rotatable bonds is 5. The number of carbonyl (C=O) groups excluding carboxylic acids is 1. The second-order valence-corrected chi connectivity index (χ2v) is 8.02. The summed E-state index contributed by atoms with van der Waals surface area (Å²) in [5, 5.41) is 3.19. The number of nitrogens with zero attached hydrogens (tertiary/aromatic N) is 2. The highest BCUT2D eigenvalue weighted by Gasteiger charge is 2.23. The number of hydrogen-bond donors (Lipinski definition) is 2. The van der Waals surface area contributed by atoms with Crippen molar-refractivity contribution in [2.45, 2.75) is 24.2 Å². The van der Waals surface area contributed by atoms with E-state index in [1.165, 1.54) is 19.2 Å². The molecule has 1 aromatic carbocycles. The monoisotopic (exact) mass is 374 g/mol. The van der Waals surface area contributed by atoms with Gasteiger partial charge in [-0.3, -0.25) is 9.78 Å². The van der Waals surface area contributed by atoms with Gasteiger partial charge in [0.2, 0.25) is 10.0 Å². The first-order valence-corrected chi connectivity index (χ1v) is 10.0. The standard InChI is InChI=1S/C18H22N4O3S/c1-19-26(24,25)15-5-6-17(21-14-7-9-20-10-8-14)16(13-15)18(23)22-11-3-2-4-12-22/h5-10,13,19H,2-4,11-12H2,1H3,(H,20,21). The van der Waals surface area contributed by atoms with Gasteiger partial charge in [-0.05, 0) is 56.6 Å². The van der Waals surface area contributed by atoms with Crippen molar-refractivity contribution >= 4 is 27.3 Å². The average molecular weight is 374 g/mol. The van der Waals surface area contributed by atoms with Gasteiger partial charge in [0, 0.05) is 31.2 Å².